The zero-order chi connectivity index (χ0) is 31.7. The highest BCUT2D eigenvalue weighted by molar-refractivity contribution is 7.89. The molecule has 13 heteroatoms. The van der Waals surface area contributed by atoms with Crippen LogP contribution in [0.3, 0.4) is 0 Å². The predicted molar refractivity (Wildman–Crippen MR) is 161 cm³/mol. The number of para-hydroxylation sites is 1. The average molecular weight is 617 g/mol. The summed E-state index contributed by atoms with van der Waals surface area (Å²) in [5, 5.41) is 11.6. The van der Waals surface area contributed by atoms with Crippen LogP contribution in [0.25, 0.3) is 0 Å². The summed E-state index contributed by atoms with van der Waals surface area (Å²) >= 11 is 0. The Bertz CT molecular complexity index is 1500. The highest BCUT2D eigenvalue weighted by atomic mass is 32.2. The van der Waals surface area contributed by atoms with E-state index in [-0.39, 0.29) is 31.0 Å². The second-order valence-electron chi connectivity index (χ2n) is 11.5. The van der Waals surface area contributed by atoms with Crippen LogP contribution in [0, 0.1) is 16.0 Å². The van der Waals surface area contributed by atoms with Crippen LogP contribution in [0.1, 0.15) is 34.1 Å². The Morgan fingerprint density at radius 2 is 1.86 bits per heavy atom. The molecule has 1 aromatic rings. The number of carbonyl (C=O) groups is 1. The van der Waals surface area contributed by atoms with Gasteiger partial charge in [-0.1, -0.05) is 26.0 Å². The summed E-state index contributed by atoms with van der Waals surface area (Å²) in [5.74, 6) is -0.102. The molecule has 2 heterocycles. The number of ether oxygens (including phenoxy) is 3. The van der Waals surface area contributed by atoms with Gasteiger partial charge >= 0.3 is 0 Å². The lowest BCUT2D eigenvalue weighted by Crippen LogP contribution is -2.60. The van der Waals surface area contributed by atoms with Gasteiger partial charge in [0.1, 0.15) is 23.5 Å². The third kappa shape index (κ3) is 6.30. The smallest absolute Gasteiger partial charge is 0.289 e. The van der Waals surface area contributed by atoms with Crippen molar-refractivity contribution in [3.05, 3.63) is 69.5 Å². The number of aliphatic imine (C=N–C) groups is 1. The number of nitro benzene ring substituents is 1. The lowest BCUT2D eigenvalue weighted by molar-refractivity contribution is -0.387. The largest absolute Gasteiger partial charge is 0.498 e. The quantitative estimate of drug-likeness (QED) is 0.287. The van der Waals surface area contributed by atoms with E-state index in [1.165, 1.54) is 18.2 Å². The van der Waals surface area contributed by atoms with Crippen LogP contribution in [-0.4, -0.2) is 98.9 Å². The first-order chi connectivity index (χ1) is 20.3. The Morgan fingerprint density at radius 3 is 2.47 bits per heavy atom. The molecule has 12 nitrogen and oxygen atoms in total. The van der Waals surface area contributed by atoms with Crippen LogP contribution in [0.5, 0.6) is 0 Å². The Kier molecular flexibility index (Phi) is 9.60. The van der Waals surface area contributed by atoms with Crippen LogP contribution in [0.15, 0.2) is 69.3 Å². The lowest BCUT2D eigenvalue weighted by Gasteiger charge is -2.42. The van der Waals surface area contributed by atoms with E-state index in [4.69, 9.17) is 19.2 Å². The second kappa shape index (κ2) is 12.7. The number of benzene rings is 1. The van der Waals surface area contributed by atoms with Crippen LogP contribution in [0.2, 0.25) is 0 Å². The number of piperazine rings is 1. The first-order valence-corrected chi connectivity index (χ1v) is 15.6. The number of dihydropyridines is 1. The fraction of sp³-hybridized carbons (Fsp3) is 0.533. The van der Waals surface area contributed by atoms with Crippen LogP contribution in [0.4, 0.5) is 5.69 Å². The summed E-state index contributed by atoms with van der Waals surface area (Å²) in [5.41, 5.74) is 1.20. The van der Waals surface area contributed by atoms with Crippen LogP contribution in [-0.2, 0) is 29.0 Å². The summed E-state index contributed by atoms with van der Waals surface area (Å²) in [6.07, 6.45) is 6.00. The molecule has 1 saturated heterocycles. The molecule has 1 aromatic carbocycles. The minimum atomic E-state index is -4.32. The van der Waals surface area contributed by atoms with E-state index < -0.39 is 43.3 Å². The molecule has 4 unspecified atom stereocenters. The van der Waals surface area contributed by atoms with Gasteiger partial charge in [-0.15, -0.1) is 0 Å². The van der Waals surface area contributed by atoms with Gasteiger partial charge in [0.2, 0.25) is 5.91 Å². The van der Waals surface area contributed by atoms with Crippen molar-refractivity contribution in [3.63, 3.8) is 0 Å². The Balaban J connectivity index is 1.61. The molecule has 0 N–H and O–H groups in total. The monoisotopic (exact) mass is 616 g/mol. The molecule has 1 aliphatic carbocycles. The van der Waals surface area contributed by atoms with E-state index >= 15 is 0 Å². The van der Waals surface area contributed by atoms with Gasteiger partial charge in [-0.25, -0.2) is 8.42 Å². The number of carbonyl (C=O) groups excluding carboxylic acids is 1. The van der Waals surface area contributed by atoms with Gasteiger partial charge in [0, 0.05) is 45.5 Å². The number of allylic oxidation sites excluding steroid dienone is 3. The van der Waals surface area contributed by atoms with E-state index in [0.717, 1.165) is 27.2 Å². The average Bonchev–Trinajstić information content (AvgIpc) is 2.96. The molecule has 3 aliphatic rings. The first kappa shape index (κ1) is 32.5. The first-order valence-electron chi connectivity index (χ1n) is 14.2. The molecule has 1 amide bonds. The maximum atomic E-state index is 13.8. The molecule has 2 aliphatic heterocycles. The molecule has 43 heavy (non-hydrogen) atoms. The molecule has 234 valence electrons. The van der Waals surface area contributed by atoms with Crippen LogP contribution < -0.4 is 0 Å². The van der Waals surface area contributed by atoms with E-state index in [9.17, 15) is 23.3 Å². The molecule has 0 saturated carbocycles. The highest BCUT2D eigenvalue weighted by Crippen LogP contribution is 2.35. The van der Waals surface area contributed by atoms with Gasteiger partial charge in [-0.2, -0.15) is 4.31 Å². The summed E-state index contributed by atoms with van der Waals surface area (Å²) in [6, 6.07) is 4.16. The molecule has 1 fully saturated rings. The van der Waals surface area contributed by atoms with E-state index in [1.54, 1.807) is 40.1 Å². The number of nitro groups is 1. The minimum absolute atomic E-state index is 0.0163. The predicted octanol–water partition coefficient (Wildman–Crippen LogP) is 3.50. The van der Waals surface area contributed by atoms with Crippen molar-refractivity contribution >= 4 is 27.3 Å². The number of nitrogens with zero attached hydrogens (tertiary/aromatic N) is 4. The second-order valence-corrected chi connectivity index (χ2v) is 13.4. The number of sulfonamides is 1. The zero-order valence-corrected chi connectivity index (χ0v) is 26.5. The maximum Gasteiger partial charge on any atom is 0.289 e. The van der Waals surface area contributed by atoms with Crippen molar-refractivity contribution in [2.24, 2.45) is 10.9 Å². The van der Waals surface area contributed by atoms with E-state index in [1.807, 2.05) is 32.1 Å². The SMILES string of the molecule is COC1=CC(C2=NC(C)CC(CN3CCN(S(=O)(=O)c4ccccc4[N+](=O)[O-])C(C(C)C)C3=O)=C2)=CC(C)(OC)C1OC. The van der Waals surface area contributed by atoms with Crippen molar-refractivity contribution in [1.29, 1.82) is 0 Å². The summed E-state index contributed by atoms with van der Waals surface area (Å²) in [7, 11) is 0.466. The van der Waals surface area contributed by atoms with Gasteiger partial charge in [0.15, 0.2) is 4.90 Å². The Hall–Kier alpha value is -3.39. The molecule has 0 aromatic heterocycles. The van der Waals surface area contributed by atoms with E-state index in [0.29, 0.717) is 18.7 Å². The summed E-state index contributed by atoms with van der Waals surface area (Å²) in [4.78, 5) is 30.8. The summed E-state index contributed by atoms with van der Waals surface area (Å²) < 4.78 is 45.6. The maximum absolute atomic E-state index is 13.8. The fourth-order valence-corrected chi connectivity index (χ4v) is 7.87. The molecule has 0 bridgehead atoms. The molecule has 4 rings (SSSR count). The van der Waals surface area contributed by atoms with Gasteiger partial charge < -0.3 is 19.1 Å². The standard InChI is InChI=1S/C30H40N4O8S/c1-19(2)27-29(35)32(12-13-33(27)43(38,39)26-11-9-8-10-24(26)34(36)37)18-21-14-20(3)31-23(15-21)22-16-25(40-5)28(41-6)30(4,17-22)42-7/h8-11,15-17,19-20,27-28H,12-14,18H2,1-7H3. The van der Waals surface area contributed by atoms with E-state index in [2.05, 4.69) is 0 Å². The molecule has 4 atom stereocenters. The number of hydrogen-bond acceptors (Lipinski definition) is 9. The fourth-order valence-electron chi connectivity index (χ4n) is 6.01. The summed E-state index contributed by atoms with van der Waals surface area (Å²) in [6.45, 7) is 7.93. The van der Waals surface area contributed by atoms with Crippen molar-refractivity contribution in [2.45, 2.75) is 62.8 Å². The zero-order valence-electron chi connectivity index (χ0n) is 25.6. The molecular formula is C30H40N4O8S. The van der Waals surface area contributed by atoms with Gasteiger partial charge in [-0.05, 0) is 56.1 Å². The minimum Gasteiger partial charge on any atom is -0.498 e. The number of methoxy groups -OCH3 is 3. The van der Waals surface area contributed by atoms with Crippen molar-refractivity contribution in [1.82, 2.24) is 9.21 Å². The molecular weight excluding hydrogens is 576 g/mol. The lowest BCUT2D eigenvalue weighted by atomic mass is 9.85. The van der Waals surface area contributed by atoms with Crippen LogP contribution >= 0.6 is 0 Å². The molecule has 0 radical (unpaired) electrons. The highest BCUT2D eigenvalue weighted by Gasteiger charge is 2.45. The van der Waals surface area contributed by atoms with Gasteiger partial charge in [0.25, 0.3) is 15.7 Å². The van der Waals surface area contributed by atoms with Gasteiger partial charge in [0.05, 0.1) is 23.8 Å². The Labute approximate surface area is 252 Å². The van der Waals surface area contributed by atoms with Crippen molar-refractivity contribution in [3.8, 4) is 0 Å². The number of rotatable bonds is 10. The number of hydrogen-bond donors (Lipinski definition) is 0. The van der Waals surface area contributed by atoms with Gasteiger partial charge in [-0.3, -0.25) is 19.9 Å². The normalized spacial score (nSPS) is 26.9. The third-order valence-corrected chi connectivity index (χ3v) is 10.1. The topological polar surface area (TPSA) is 141 Å². The van der Waals surface area contributed by atoms with Crippen molar-refractivity contribution in [2.75, 3.05) is 41.0 Å². The molecule has 0 spiro atoms. The third-order valence-electron chi connectivity index (χ3n) is 8.12. The number of amides is 1. The Morgan fingerprint density at radius 1 is 1.16 bits per heavy atom. The van der Waals surface area contributed by atoms with Crippen molar-refractivity contribution < 1.29 is 32.3 Å².